The van der Waals surface area contributed by atoms with Gasteiger partial charge >= 0.3 is 0 Å². The van der Waals surface area contributed by atoms with Crippen molar-refractivity contribution in [2.24, 2.45) is 0 Å². The van der Waals surface area contributed by atoms with Crippen LogP contribution in [0.3, 0.4) is 0 Å². The smallest absolute Gasteiger partial charge is 0.258 e. The lowest BCUT2D eigenvalue weighted by Crippen LogP contribution is -2.15. The highest BCUT2D eigenvalue weighted by molar-refractivity contribution is 9.10. The Morgan fingerprint density at radius 3 is 3.05 bits per heavy atom. The van der Waals surface area contributed by atoms with Gasteiger partial charge in [0.25, 0.3) is 5.91 Å². The molecule has 0 saturated carbocycles. The van der Waals surface area contributed by atoms with Gasteiger partial charge in [-0.15, -0.1) is 11.3 Å². The normalized spacial score (nSPS) is 14.1. The first-order valence-corrected chi connectivity index (χ1v) is 8.51. The number of nitrogens with one attached hydrogen (secondary N) is 2. The lowest BCUT2D eigenvalue weighted by molar-refractivity contribution is 0.102. The third-order valence-electron chi connectivity index (χ3n) is 3.67. The largest absolute Gasteiger partial charge is 0.304 e. The minimum absolute atomic E-state index is 0.0562. The number of rotatable bonds is 3. The number of aromatic nitrogens is 2. The maximum absolute atomic E-state index is 12.4. The molecule has 1 aliphatic rings. The lowest BCUT2D eigenvalue weighted by Gasteiger charge is -2.12. The predicted molar refractivity (Wildman–Crippen MR) is 84.6 cm³/mol. The number of amides is 1. The maximum Gasteiger partial charge on any atom is 0.258 e. The third kappa shape index (κ3) is 2.42. The van der Waals surface area contributed by atoms with Crippen LogP contribution < -0.4 is 5.32 Å². The SMILES string of the molecule is CCc1[nH]nc(NC(=O)c2csc3c2CCCC3)c1Br. The van der Waals surface area contributed by atoms with Gasteiger partial charge in [0.2, 0.25) is 0 Å². The average molecular weight is 354 g/mol. The van der Waals surface area contributed by atoms with E-state index in [1.54, 1.807) is 11.3 Å². The molecule has 2 aromatic heterocycles. The van der Waals surface area contributed by atoms with E-state index in [9.17, 15) is 4.79 Å². The molecule has 20 heavy (non-hydrogen) atoms. The number of aromatic amines is 1. The third-order valence-corrected chi connectivity index (χ3v) is 5.61. The van der Waals surface area contributed by atoms with Crippen LogP contribution in [0, 0.1) is 0 Å². The lowest BCUT2D eigenvalue weighted by atomic mass is 9.96. The second-order valence-electron chi connectivity index (χ2n) is 4.93. The van der Waals surface area contributed by atoms with E-state index < -0.39 is 0 Å². The molecule has 6 heteroatoms. The highest BCUT2D eigenvalue weighted by Crippen LogP contribution is 2.31. The zero-order chi connectivity index (χ0) is 14.1. The Morgan fingerprint density at radius 2 is 2.30 bits per heavy atom. The second kappa shape index (κ2) is 5.69. The molecular weight excluding hydrogens is 338 g/mol. The molecule has 1 aliphatic carbocycles. The van der Waals surface area contributed by atoms with Crippen LogP contribution in [0.5, 0.6) is 0 Å². The summed E-state index contributed by atoms with van der Waals surface area (Å²) in [6, 6.07) is 0. The molecule has 0 spiro atoms. The van der Waals surface area contributed by atoms with Crippen molar-refractivity contribution in [2.45, 2.75) is 39.0 Å². The Hall–Kier alpha value is -1.14. The van der Waals surface area contributed by atoms with Gasteiger partial charge in [-0.25, -0.2) is 0 Å². The summed E-state index contributed by atoms with van der Waals surface area (Å²) in [5, 5.41) is 12.0. The first-order chi connectivity index (χ1) is 9.70. The first kappa shape index (κ1) is 13.8. The van der Waals surface area contributed by atoms with Crippen molar-refractivity contribution in [2.75, 3.05) is 5.32 Å². The number of carbonyl (C=O) groups excluding carboxylic acids is 1. The molecule has 0 unspecified atom stereocenters. The van der Waals surface area contributed by atoms with Crippen LogP contribution in [0.2, 0.25) is 0 Å². The number of hydrogen-bond acceptors (Lipinski definition) is 3. The van der Waals surface area contributed by atoms with Crippen molar-refractivity contribution >= 4 is 39.0 Å². The van der Waals surface area contributed by atoms with Crippen molar-refractivity contribution < 1.29 is 4.79 Å². The van der Waals surface area contributed by atoms with Gasteiger partial charge in [0.1, 0.15) is 0 Å². The molecule has 0 fully saturated rings. The van der Waals surface area contributed by atoms with E-state index in [0.717, 1.165) is 35.0 Å². The molecule has 0 atom stereocenters. The fourth-order valence-corrected chi connectivity index (χ4v) is 4.22. The van der Waals surface area contributed by atoms with Gasteiger partial charge in [0, 0.05) is 10.3 Å². The van der Waals surface area contributed by atoms with Crippen molar-refractivity contribution in [1.82, 2.24) is 10.2 Å². The zero-order valence-corrected chi connectivity index (χ0v) is 13.7. The maximum atomic E-state index is 12.4. The van der Waals surface area contributed by atoms with Crippen LogP contribution >= 0.6 is 27.3 Å². The minimum atomic E-state index is -0.0562. The predicted octanol–water partition coefficient (Wildman–Crippen LogP) is 3.93. The summed E-state index contributed by atoms with van der Waals surface area (Å²) in [5.41, 5.74) is 3.05. The summed E-state index contributed by atoms with van der Waals surface area (Å²) in [6.45, 7) is 2.04. The Balaban J connectivity index is 1.82. The number of H-pyrrole nitrogens is 1. The molecule has 3 rings (SSSR count). The molecule has 0 aliphatic heterocycles. The number of aryl methyl sites for hydroxylation is 2. The van der Waals surface area contributed by atoms with Gasteiger partial charge in [-0.3, -0.25) is 9.89 Å². The standard InChI is InChI=1S/C14H16BrN3OS/c1-2-10-12(15)13(18-17-10)16-14(19)9-7-20-11-6-4-3-5-8(9)11/h7H,2-6H2,1H3,(H2,16,17,18,19). The average Bonchev–Trinajstić information content (AvgIpc) is 3.03. The summed E-state index contributed by atoms with van der Waals surface area (Å²) in [6.07, 6.45) is 5.38. The second-order valence-corrected chi connectivity index (χ2v) is 6.69. The summed E-state index contributed by atoms with van der Waals surface area (Å²) in [4.78, 5) is 13.8. The molecule has 0 saturated heterocycles. The monoisotopic (exact) mass is 353 g/mol. The number of halogens is 1. The fraction of sp³-hybridized carbons (Fsp3) is 0.429. The van der Waals surface area contributed by atoms with Crippen molar-refractivity contribution in [3.63, 3.8) is 0 Å². The van der Waals surface area contributed by atoms with Crippen LogP contribution in [-0.2, 0) is 19.3 Å². The number of anilines is 1. The number of carbonyl (C=O) groups is 1. The van der Waals surface area contributed by atoms with Crippen molar-refractivity contribution in [3.8, 4) is 0 Å². The van der Waals surface area contributed by atoms with E-state index in [2.05, 4.69) is 31.4 Å². The van der Waals surface area contributed by atoms with Gasteiger partial charge < -0.3 is 5.32 Å². The molecule has 0 aromatic carbocycles. The Morgan fingerprint density at radius 1 is 1.50 bits per heavy atom. The zero-order valence-electron chi connectivity index (χ0n) is 11.3. The molecule has 4 nitrogen and oxygen atoms in total. The van der Waals surface area contributed by atoms with Crippen LogP contribution in [0.15, 0.2) is 9.85 Å². The summed E-state index contributed by atoms with van der Waals surface area (Å²) in [7, 11) is 0. The summed E-state index contributed by atoms with van der Waals surface area (Å²) in [5.74, 6) is 0.516. The van der Waals surface area contributed by atoms with Crippen LogP contribution in [0.4, 0.5) is 5.82 Å². The number of nitrogens with zero attached hydrogens (tertiary/aromatic N) is 1. The minimum Gasteiger partial charge on any atom is -0.304 e. The van der Waals surface area contributed by atoms with E-state index in [-0.39, 0.29) is 5.91 Å². The number of fused-ring (bicyclic) bond motifs is 1. The van der Waals surface area contributed by atoms with Crippen molar-refractivity contribution in [1.29, 1.82) is 0 Å². The van der Waals surface area contributed by atoms with Gasteiger partial charge in [-0.2, -0.15) is 5.10 Å². The first-order valence-electron chi connectivity index (χ1n) is 6.84. The molecule has 0 radical (unpaired) electrons. The van der Waals surface area contributed by atoms with Gasteiger partial charge in [-0.1, -0.05) is 6.92 Å². The summed E-state index contributed by atoms with van der Waals surface area (Å²) >= 11 is 5.18. The molecule has 106 valence electrons. The van der Waals surface area contributed by atoms with E-state index in [4.69, 9.17) is 0 Å². The molecule has 0 bridgehead atoms. The number of thiophene rings is 1. The van der Waals surface area contributed by atoms with Crippen molar-refractivity contribution in [3.05, 3.63) is 31.6 Å². The van der Waals surface area contributed by atoms with E-state index in [0.29, 0.717) is 5.82 Å². The molecule has 1 amide bonds. The highest BCUT2D eigenvalue weighted by atomic mass is 79.9. The molecule has 2 N–H and O–H groups in total. The topological polar surface area (TPSA) is 57.8 Å². The summed E-state index contributed by atoms with van der Waals surface area (Å²) < 4.78 is 0.845. The molecular formula is C14H16BrN3OS. The Bertz CT molecular complexity index is 647. The van der Waals surface area contributed by atoms with Crippen LogP contribution in [0.25, 0.3) is 0 Å². The Labute approximate surface area is 130 Å². The molecule has 2 heterocycles. The number of hydrogen-bond donors (Lipinski definition) is 2. The van der Waals surface area contributed by atoms with Crippen LogP contribution in [0.1, 0.15) is 46.3 Å². The molecule has 2 aromatic rings. The fourth-order valence-electron chi connectivity index (χ4n) is 2.54. The van der Waals surface area contributed by atoms with Gasteiger partial charge in [0.15, 0.2) is 5.82 Å². The quantitative estimate of drug-likeness (QED) is 0.878. The van der Waals surface area contributed by atoms with E-state index >= 15 is 0 Å². The van der Waals surface area contributed by atoms with Gasteiger partial charge in [0.05, 0.1) is 15.7 Å². The van der Waals surface area contributed by atoms with E-state index in [1.807, 2.05) is 12.3 Å². The van der Waals surface area contributed by atoms with E-state index in [1.165, 1.54) is 23.3 Å². The highest BCUT2D eigenvalue weighted by Gasteiger charge is 2.21. The van der Waals surface area contributed by atoms with Crippen LogP contribution in [-0.4, -0.2) is 16.1 Å². The van der Waals surface area contributed by atoms with Gasteiger partial charge in [-0.05, 0) is 53.6 Å². The Kier molecular flexibility index (Phi) is 3.94.